The van der Waals surface area contributed by atoms with Crippen molar-refractivity contribution in [3.63, 3.8) is 0 Å². The van der Waals surface area contributed by atoms with Gasteiger partial charge >= 0.3 is 5.97 Å². The van der Waals surface area contributed by atoms with Gasteiger partial charge in [0.15, 0.2) is 0 Å². The fourth-order valence-corrected chi connectivity index (χ4v) is 3.10. The summed E-state index contributed by atoms with van der Waals surface area (Å²) < 4.78 is 0. The fourth-order valence-electron chi connectivity index (χ4n) is 3.10. The number of hydrogen-bond acceptors (Lipinski definition) is 5. The summed E-state index contributed by atoms with van der Waals surface area (Å²) in [5, 5.41) is 23.7. The first-order chi connectivity index (χ1) is 11.7. The third-order valence-electron chi connectivity index (χ3n) is 4.85. The van der Waals surface area contributed by atoms with Gasteiger partial charge in [-0.1, -0.05) is 32.9 Å². The number of anilines is 1. The lowest BCUT2D eigenvalue weighted by Crippen LogP contribution is -2.47. The third kappa shape index (κ3) is 5.16. The van der Waals surface area contributed by atoms with Crippen molar-refractivity contribution < 1.29 is 14.8 Å². The molecule has 0 aromatic heterocycles. The van der Waals surface area contributed by atoms with Gasteiger partial charge in [-0.15, -0.1) is 0 Å². The Morgan fingerprint density at radius 3 is 2.48 bits per heavy atom. The van der Waals surface area contributed by atoms with Crippen LogP contribution in [0.2, 0.25) is 0 Å². The van der Waals surface area contributed by atoms with Crippen LogP contribution in [-0.4, -0.2) is 46.6 Å². The highest BCUT2D eigenvalue weighted by Gasteiger charge is 2.31. The lowest BCUT2D eigenvalue weighted by molar-refractivity contribution is -0.384. The molecule has 0 bridgehead atoms. The van der Waals surface area contributed by atoms with Crippen LogP contribution in [0.1, 0.15) is 33.6 Å². The number of hydrogen-bond donors (Lipinski definition) is 2. The van der Waals surface area contributed by atoms with E-state index in [2.05, 4.69) is 31.0 Å². The van der Waals surface area contributed by atoms with E-state index >= 15 is 0 Å². The maximum Gasteiger partial charge on any atom is 0.306 e. The van der Waals surface area contributed by atoms with E-state index in [9.17, 15) is 14.9 Å². The maximum atomic E-state index is 11.2. The quantitative estimate of drug-likeness (QED) is 0.605. The monoisotopic (exact) mass is 349 g/mol. The number of piperidine rings is 1. The number of aliphatic carboxylic acids is 1. The summed E-state index contributed by atoms with van der Waals surface area (Å²) in [7, 11) is 0. The van der Waals surface area contributed by atoms with Gasteiger partial charge in [-0.3, -0.25) is 14.9 Å². The molecule has 0 spiro atoms. The van der Waals surface area contributed by atoms with Crippen LogP contribution in [0.3, 0.4) is 0 Å². The topological polar surface area (TPSA) is 95.7 Å². The van der Waals surface area contributed by atoms with Gasteiger partial charge in [-0.05, 0) is 37.4 Å². The minimum atomic E-state index is -0.718. The number of benzene rings is 1. The molecule has 1 unspecified atom stereocenters. The van der Waals surface area contributed by atoms with Crippen molar-refractivity contribution in [2.75, 3.05) is 25.0 Å². The van der Waals surface area contributed by atoms with Crippen LogP contribution in [-0.2, 0) is 4.79 Å². The van der Waals surface area contributed by atoms with Crippen LogP contribution in [0.5, 0.6) is 0 Å². The Morgan fingerprint density at radius 2 is 1.96 bits per heavy atom. The number of nitrogens with zero attached hydrogens (tertiary/aromatic N) is 2. The molecular formula is C18H27N3O4. The average molecular weight is 349 g/mol. The van der Waals surface area contributed by atoms with E-state index < -0.39 is 5.97 Å². The van der Waals surface area contributed by atoms with Gasteiger partial charge in [-0.2, -0.15) is 0 Å². The molecule has 1 fully saturated rings. The van der Waals surface area contributed by atoms with Crippen LogP contribution >= 0.6 is 0 Å². The maximum absolute atomic E-state index is 11.2. The highest BCUT2D eigenvalue weighted by atomic mass is 16.6. The van der Waals surface area contributed by atoms with Gasteiger partial charge < -0.3 is 15.3 Å². The molecule has 1 aliphatic rings. The number of carboxylic acid groups (broad SMARTS) is 1. The zero-order valence-corrected chi connectivity index (χ0v) is 15.1. The summed E-state index contributed by atoms with van der Waals surface area (Å²) in [6.07, 6.45) is 1.30. The second-order valence-electron chi connectivity index (χ2n) is 7.75. The van der Waals surface area contributed by atoms with E-state index in [0.29, 0.717) is 18.5 Å². The van der Waals surface area contributed by atoms with Crippen molar-refractivity contribution >= 4 is 17.3 Å². The first kappa shape index (κ1) is 19.2. The van der Waals surface area contributed by atoms with E-state index in [1.807, 2.05) is 0 Å². The first-order valence-corrected chi connectivity index (χ1v) is 8.63. The predicted octanol–water partition coefficient (Wildman–Crippen LogP) is 3.22. The second kappa shape index (κ2) is 7.82. The minimum Gasteiger partial charge on any atom is -0.481 e. The molecule has 25 heavy (non-hydrogen) atoms. The van der Waals surface area contributed by atoms with Crippen LogP contribution in [0.4, 0.5) is 11.4 Å². The van der Waals surface area contributed by atoms with Gasteiger partial charge in [0.25, 0.3) is 5.69 Å². The lowest BCUT2D eigenvalue weighted by atomic mass is 9.85. The van der Waals surface area contributed by atoms with Crippen LogP contribution in [0.25, 0.3) is 0 Å². The van der Waals surface area contributed by atoms with Gasteiger partial charge in [0.1, 0.15) is 5.69 Å². The Morgan fingerprint density at radius 1 is 1.36 bits per heavy atom. The number of rotatable bonds is 6. The predicted molar refractivity (Wildman–Crippen MR) is 96.8 cm³/mol. The second-order valence-corrected chi connectivity index (χ2v) is 7.75. The molecule has 138 valence electrons. The fraction of sp³-hybridized carbons (Fsp3) is 0.611. The van der Waals surface area contributed by atoms with Crippen molar-refractivity contribution in [1.29, 1.82) is 0 Å². The van der Waals surface area contributed by atoms with Crippen LogP contribution in [0, 0.1) is 21.4 Å². The first-order valence-electron chi connectivity index (χ1n) is 8.63. The smallest absolute Gasteiger partial charge is 0.306 e. The molecule has 0 aliphatic carbocycles. The average Bonchev–Trinajstić information content (AvgIpc) is 2.54. The highest BCUT2D eigenvalue weighted by Crippen LogP contribution is 2.30. The molecular weight excluding hydrogens is 322 g/mol. The molecule has 7 heteroatoms. The normalized spacial score (nSPS) is 17.9. The Hall–Kier alpha value is -2.15. The zero-order valence-electron chi connectivity index (χ0n) is 15.1. The van der Waals surface area contributed by atoms with Crippen molar-refractivity contribution in [3.05, 3.63) is 34.4 Å². The van der Waals surface area contributed by atoms with Gasteiger partial charge in [-0.25, -0.2) is 0 Å². The molecule has 1 heterocycles. The van der Waals surface area contributed by atoms with E-state index in [1.54, 1.807) is 18.2 Å². The number of carbonyl (C=O) groups is 1. The zero-order chi connectivity index (χ0) is 18.6. The molecule has 1 aliphatic heterocycles. The van der Waals surface area contributed by atoms with E-state index in [1.165, 1.54) is 6.07 Å². The number of carboxylic acids is 1. The molecule has 7 nitrogen and oxygen atoms in total. The van der Waals surface area contributed by atoms with Crippen molar-refractivity contribution in [2.24, 2.45) is 11.3 Å². The van der Waals surface area contributed by atoms with E-state index in [4.69, 9.17) is 5.11 Å². The molecule has 0 amide bonds. The number of nitro groups is 1. The van der Waals surface area contributed by atoms with Crippen LogP contribution in [0.15, 0.2) is 24.3 Å². The van der Waals surface area contributed by atoms with Crippen molar-refractivity contribution in [1.82, 2.24) is 4.90 Å². The summed E-state index contributed by atoms with van der Waals surface area (Å²) in [4.78, 5) is 24.2. The van der Waals surface area contributed by atoms with Crippen molar-refractivity contribution in [3.8, 4) is 0 Å². The molecule has 0 radical (unpaired) electrons. The highest BCUT2D eigenvalue weighted by molar-refractivity contribution is 5.70. The van der Waals surface area contributed by atoms with Gasteiger partial charge in [0, 0.05) is 18.7 Å². The van der Waals surface area contributed by atoms with Gasteiger partial charge in [0.2, 0.25) is 0 Å². The SMILES string of the molecule is CC(C)(C)C(CN1CCC(C(=O)O)CC1)Nc1ccccc1[N+](=O)[O-]. The standard InChI is InChI=1S/C18H27N3O4/c1-18(2,3)16(12-20-10-8-13(9-11-20)17(22)23)19-14-6-4-5-7-15(14)21(24)25/h4-7,13,16,19H,8-12H2,1-3H3,(H,22,23). The summed E-state index contributed by atoms with van der Waals surface area (Å²) in [6.45, 7) is 8.50. The number of para-hydroxylation sites is 2. The largest absolute Gasteiger partial charge is 0.481 e. The number of likely N-dealkylation sites (tertiary alicyclic amines) is 1. The summed E-state index contributed by atoms with van der Waals surface area (Å²) in [5.41, 5.74) is 0.488. The summed E-state index contributed by atoms with van der Waals surface area (Å²) in [5.74, 6) is -0.974. The number of nitrogens with one attached hydrogen (secondary N) is 1. The summed E-state index contributed by atoms with van der Waals surface area (Å²) >= 11 is 0. The van der Waals surface area contributed by atoms with Gasteiger partial charge in [0.05, 0.1) is 10.8 Å². The molecule has 1 aromatic carbocycles. The lowest BCUT2D eigenvalue weighted by Gasteiger charge is -2.38. The summed E-state index contributed by atoms with van der Waals surface area (Å²) in [6, 6.07) is 6.68. The van der Waals surface area contributed by atoms with Crippen molar-refractivity contribution in [2.45, 2.75) is 39.7 Å². The molecule has 2 rings (SSSR count). The number of nitro benzene ring substituents is 1. The Kier molecular flexibility index (Phi) is 6.00. The van der Waals surface area contributed by atoms with E-state index in [-0.39, 0.29) is 28.0 Å². The minimum absolute atomic E-state index is 0.00924. The molecule has 1 saturated heterocycles. The Labute approximate surface area is 148 Å². The Balaban J connectivity index is 2.08. The third-order valence-corrected chi connectivity index (χ3v) is 4.85. The Bertz CT molecular complexity index is 619. The molecule has 2 N–H and O–H groups in total. The molecule has 1 atom stereocenters. The van der Waals surface area contributed by atoms with E-state index in [0.717, 1.165) is 19.6 Å². The molecule has 0 saturated carbocycles. The molecule has 1 aromatic rings. The van der Waals surface area contributed by atoms with Crippen LogP contribution < -0.4 is 5.32 Å².